The normalized spacial score (nSPS) is 12.9. The maximum atomic E-state index is 7.01. The zero-order valence-corrected chi connectivity index (χ0v) is 38.4. The number of aromatic nitrogens is 4. The summed E-state index contributed by atoms with van der Waals surface area (Å²) in [6.45, 7) is 0. The third kappa shape index (κ3) is 4.41. The quantitative estimate of drug-likeness (QED) is 0.154. The van der Waals surface area contributed by atoms with Crippen LogP contribution >= 0.6 is 22.7 Å². The van der Waals surface area contributed by atoms with Crippen molar-refractivity contribution in [2.45, 2.75) is 0 Å². The van der Waals surface area contributed by atoms with E-state index < -0.39 is 0 Å². The Kier molecular flexibility index (Phi) is 6.54. The molecule has 0 aliphatic carbocycles. The van der Waals surface area contributed by atoms with Gasteiger partial charge in [0.25, 0.3) is 0 Å². The van der Waals surface area contributed by atoms with E-state index >= 15 is 0 Å². The largest absolute Gasteiger partial charge is 0.456 e. The molecule has 0 spiro atoms. The van der Waals surface area contributed by atoms with E-state index in [1.807, 2.05) is 28.7 Å². The van der Waals surface area contributed by atoms with E-state index in [9.17, 15) is 0 Å². The fourth-order valence-corrected chi connectivity index (χ4v) is 14.8. The third-order valence-corrected chi connectivity index (χ3v) is 17.6. The second-order valence-electron chi connectivity index (χ2n) is 18.7. The Bertz CT molecular complexity index is 5450. The summed E-state index contributed by atoms with van der Waals surface area (Å²) in [7, 11) is 0. The monoisotopic (exact) mass is 926 g/mol. The van der Waals surface area contributed by atoms with E-state index in [0.717, 1.165) is 105 Å². The van der Waals surface area contributed by atoms with Gasteiger partial charge in [0.2, 0.25) is 0 Å². The average Bonchev–Trinajstić information content (AvgIpc) is 4.27. The summed E-state index contributed by atoms with van der Waals surface area (Å²) in [4.78, 5) is 10.7. The molecule has 0 atom stereocenters. The van der Waals surface area contributed by atoms with Gasteiger partial charge in [-0.15, -0.1) is 22.7 Å². The molecule has 8 aromatic heterocycles. The highest BCUT2D eigenvalue weighted by Crippen LogP contribution is 2.49. The minimum Gasteiger partial charge on any atom is -0.456 e. The summed E-state index contributed by atoms with van der Waals surface area (Å²) in [6.07, 6.45) is 0. The minimum atomic E-state index is 0.871. The first-order valence-electron chi connectivity index (χ1n) is 23.5. The van der Waals surface area contributed by atoms with Gasteiger partial charge in [-0.1, -0.05) is 103 Å². The molecule has 18 aromatic rings. The summed E-state index contributed by atoms with van der Waals surface area (Å²) in [5, 5.41) is 16.4. The number of fused-ring (bicyclic) bond motifs is 32. The fourth-order valence-electron chi connectivity index (χ4n) is 12.3. The molecule has 0 fully saturated rings. The lowest BCUT2D eigenvalue weighted by atomic mass is 9.98. The Hall–Kier alpha value is -8.82. The number of hydrogen-bond donors (Lipinski definition) is 0. The Morgan fingerprint density at radius 3 is 1.66 bits per heavy atom. The van der Waals surface area contributed by atoms with Crippen LogP contribution < -0.4 is 0 Å². The molecule has 8 heterocycles. The molecule has 6 nitrogen and oxygen atoms in total. The number of thiophene rings is 2. The van der Waals surface area contributed by atoms with Gasteiger partial charge in [-0.3, -0.25) is 8.80 Å². The number of furan rings is 2. The molecule has 0 saturated heterocycles. The molecule has 0 saturated carbocycles. The Morgan fingerprint density at radius 2 is 0.871 bits per heavy atom. The standard InChI is InChI=1S/C62H30N4O2S2/c1-7-15-48-38(10-1)55-50(67-48)28-26-46-53(55)39-22-20-37-34-19-17-32(30-52(34)70-60(37)56(39)61-63-42-11-3-5-13-44(42)65(46)61)31-18-27-49-41(29-31)35-24-25-47-54(58(35)68-49)40-23-21-36-33-9-2-8-16-51(33)69-59(36)57(40)62-64-43-12-4-6-14-45(43)66(47)62/h1-30H. The molecule has 0 N–H and O–H groups in total. The first-order valence-corrected chi connectivity index (χ1v) is 25.2. The Morgan fingerprint density at radius 1 is 0.329 bits per heavy atom. The van der Waals surface area contributed by atoms with Crippen molar-refractivity contribution in [2.24, 2.45) is 0 Å². The summed E-state index contributed by atoms with van der Waals surface area (Å²) < 4.78 is 23.2. The predicted octanol–water partition coefficient (Wildman–Crippen LogP) is 18.1. The lowest BCUT2D eigenvalue weighted by Gasteiger charge is -2.11. The SMILES string of the molecule is c1ccc2c(c1)nc1c3c(ccc4c5ccccc5sc43)c3c4oc5ccc(-c6ccc7c(c6)sc6c7ccc7c8c9c(ccc8n8c%10ccccc%10nc8c76)oc6ccccc69)cc5c4ccc3n21. The van der Waals surface area contributed by atoms with Crippen LogP contribution in [-0.4, -0.2) is 18.8 Å². The smallest absolute Gasteiger partial charge is 0.147 e. The lowest BCUT2D eigenvalue weighted by molar-refractivity contribution is 0.669. The van der Waals surface area contributed by atoms with Crippen LogP contribution in [-0.2, 0) is 0 Å². The molecule has 0 radical (unpaired) electrons. The topological polar surface area (TPSA) is 60.9 Å². The summed E-state index contributed by atoms with van der Waals surface area (Å²) in [6, 6.07) is 65.8. The molecule has 18 rings (SSSR count). The Balaban J connectivity index is 0.876. The van der Waals surface area contributed by atoms with Crippen molar-refractivity contribution >= 4 is 184 Å². The van der Waals surface area contributed by atoms with E-state index in [-0.39, 0.29) is 0 Å². The van der Waals surface area contributed by atoms with Gasteiger partial charge in [0.15, 0.2) is 0 Å². The molecular weight excluding hydrogens is 897 g/mol. The molecule has 322 valence electrons. The van der Waals surface area contributed by atoms with Crippen LogP contribution in [0, 0.1) is 0 Å². The highest BCUT2D eigenvalue weighted by atomic mass is 32.1. The number of benzene rings is 10. The van der Waals surface area contributed by atoms with Gasteiger partial charge in [-0.2, -0.15) is 0 Å². The van der Waals surface area contributed by atoms with E-state index in [0.29, 0.717) is 0 Å². The van der Waals surface area contributed by atoms with Crippen LogP contribution in [0.3, 0.4) is 0 Å². The zero-order valence-electron chi connectivity index (χ0n) is 36.7. The minimum absolute atomic E-state index is 0.871. The van der Waals surface area contributed by atoms with Crippen molar-refractivity contribution in [1.29, 1.82) is 0 Å². The van der Waals surface area contributed by atoms with Gasteiger partial charge in [0, 0.05) is 78.0 Å². The number of hydrogen-bond acceptors (Lipinski definition) is 6. The molecule has 70 heavy (non-hydrogen) atoms. The van der Waals surface area contributed by atoms with Crippen LogP contribution in [0.1, 0.15) is 0 Å². The molecule has 10 aromatic carbocycles. The molecule has 8 heteroatoms. The second kappa shape index (κ2) is 12.6. The van der Waals surface area contributed by atoms with Crippen molar-refractivity contribution in [2.75, 3.05) is 0 Å². The summed E-state index contributed by atoms with van der Waals surface area (Å²) >= 11 is 3.71. The van der Waals surface area contributed by atoms with Crippen molar-refractivity contribution in [1.82, 2.24) is 18.8 Å². The van der Waals surface area contributed by atoms with Crippen molar-refractivity contribution in [3.8, 4) is 11.1 Å². The molecule has 0 aliphatic heterocycles. The van der Waals surface area contributed by atoms with Gasteiger partial charge >= 0.3 is 0 Å². The van der Waals surface area contributed by atoms with Crippen LogP contribution in [0.5, 0.6) is 0 Å². The van der Waals surface area contributed by atoms with Crippen molar-refractivity contribution < 1.29 is 8.83 Å². The van der Waals surface area contributed by atoms with Gasteiger partial charge in [-0.25, -0.2) is 9.97 Å². The number of imidazole rings is 2. The predicted molar refractivity (Wildman–Crippen MR) is 295 cm³/mol. The van der Waals surface area contributed by atoms with E-state index in [1.165, 1.54) is 67.5 Å². The molecule has 0 bridgehead atoms. The van der Waals surface area contributed by atoms with Crippen LogP contribution in [0.25, 0.3) is 172 Å². The number of rotatable bonds is 1. The highest BCUT2D eigenvalue weighted by Gasteiger charge is 2.24. The maximum Gasteiger partial charge on any atom is 0.147 e. The van der Waals surface area contributed by atoms with Crippen molar-refractivity contribution in [3.63, 3.8) is 0 Å². The summed E-state index contributed by atoms with van der Waals surface area (Å²) in [5.41, 5.74) is 14.2. The summed E-state index contributed by atoms with van der Waals surface area (Å²) in [5.74, 6) is 0. The van der Waals surface area contributed by atoms with Gasteiger partial charge in [0.05, 0.1) is 38.5 Å². The van der Waals surface area contributed by atoms with Crippen LogP contribution in [0.2, 0.25) is 0 Å². The zero-order chi connectivity index (χ0) is 45.1. The number of para-hydroxylation sites is 5. The molecule has 0 unspecified atom stereocenters. The molecular formula is C62H30N4O2S2. The first-order chi connectivity index (χ1) is 34.7. The highest BCUT2D eigenvalue weighted by molar-refractivity contribution is 7.27. The number of pyridine rings is 2. The van der Waals surface area contributed by atoms with E-state index in [2.05, 4.69) is 185 Å². The van der Waals surface area contributed by atoms with Crippen LogP contribution in [0.15, 0.2) is 191 Å². The third-order valence-electron chi connectivity index (χ3n) is 15.2. The molecule has 0 aliphatic rings. The van der Waals surface area contributed by atoms with E-state index in [1.54, 1.807) is 0 Å². The first kappa shape index (κ1) is 36.3. The maximum absolute atomic E-state index is 7.01. The van der Waals surface area contributed by atoms with Gasteiger partial charge in [-0.05, 0) is 101 Å². The van der Waals surface area contributed by atoms with Crippen LogP contribution in [0.4, 0.5) is 0 Å². The van der Waals surface area contributed by atoms with E-state index in [4.69, 9.17) is 18.8 Å². The Labute approximate surface area is 402 Å². The molecule has 0 amide bonds. The lowest BCUT2D eigenvalue weighted by Crippen LogP contribution is -1.92. The van der Waals surface area contributed by atoms with Gasteiger partial charge in [0.1, 0.15) is 33.6 Å². The number of nitrogens with zero attached hydrogens (tertiary/aromatic N) is 4. The van der Waals surface area contributed by atoms with Gasteiger partial charge < -0.3 is 8.83 Å². The average molecular weight is 927 g/mol. The van der Waals surface area contributed by atoms with Crippen molar-refractivity contribution in [3.05, 3.63) is 182 Å². The second-order valence-corrected chi connectivity index (χ2v) is 20.8. The fraction of sp³-hybridized carbons (Fsp3) is 0.